The van der Waals surface area contributed by atoms with Crippen LogP contribution >= 0.6 is 11.8 Å². The highest BCUT2D eigenvalue weighted by Gasteiger charge is 2.17. The minimum Gasteiger partial charge on any atom is -0.211 e. The fourth-order valence-corrected chi connectivity index (χ4v) is 4.18. The average molecular weight is 309 g/mol. The smallest absolute Gasteiger partial charge is 0.211 e. The van der Waals surface area contributed by atoms with Crippen molar-refractivity contribution in [1.82, 2.24) is 4.72 Å². The van der Waals surface area contributed by atoms with Crippen LogP contribution in [0.3, 0.4) is 0 Å². The van der Waals surface area contributed by atoms with Gasteiger partial charge in [0.15, 0.2) is 0 Å². The van der Waals surface area contributed by atoms with Crippen molar-refractivity contribution in [2.24, 2.45) is 5.92 Å². The molecule has 0 fully saturated rings. The van der Waals surface area contributed by atoms with Crippen LogP contribution in [-0.2, 0) is 10.0 Å². The number of thioether (sulfide) groups is 1. The fraction of sp³-hybridized carbons (Fsp3) is 0.333. The van der Waals surface area contributed by atoms with Crippen molar-refractivity contribution in [2.75, 3.05) is 18.6 Å². The Morgan fingerprint density at radius 2 is 1.85 bits per heavy atom. The van der Waals surface area contributed by atoms with E-state index in [-0.39, 0.29) is 0 Å². The second-order valence-corrected chi connectivity index (χ2v) is 7.54. The molecule has 0 aromatic heterocycles. The summed E-state index contributed by atoms with van der Waals surface area (Å²) in [4.78, 5) is 0.354. The van der Waals surface area contributed by atoms with Crippen LogP contribution < -0.4 is 4.72 Å². The van der Waals surface area contributed by atoms with Gasteiger partial charge in [-0.15, -0.1) is 0 Å². The van der Waals surface area contributed by atoms with Crippen LogP contribution in [0.4, 0.5) is 0 Å². The Hall–Kier alpha value is -1.04. The van der Waals surface area contributed by atoms with Crippen LogP contribution in [-0.4, -0.2) is 27.0 Å². The summed E-state index contributed by atoms with van der Waals surface area (Å²) in [5.41, 5.74) is 0. The predicted octanol–water partition coefficient (Wildman–Crippen LogP) is 3.12. The lowest BCUT2D eigenvalue weighted by Crippen LogP contribution is -2.29. The van der Waals surface area contributed by atoms with Crippen molar-refractivity contribution in [1.29, 1.82) is 0 Å². The van der Waals surface area contributed by atoms with Gasteiger partial charge in [0.05, 0.1) is 4.90 Å². The zero-order valence-corrected chi connectivity index (χ0v) is 13.3. The number of hydrogen-bond acceptors (Lipinski definition) is 3. The molecule has 3 nitrogen and oxygen atoms in total. The van der Waals surface area contributed by atoms with E-state index in [0.717, 1.165) is 16.5 Å². The van der Waals surface area contributed by atoms with Gasteiger partial charge in [-0.1, -0.05) is 43.3 Å². The highest BCUT2D eigenvalue weighted by Crippen LogP contribution is 2.22. The topological polar surface area (TPSA) is 46.2 Å². The molecule has 0 saturated heterocycles. The van der Waals surface area contributed by atoms with Crippen molar-refractivity contribution in [2.45, 2.75) is 11.8 Å². The second kappa shape index (κ2) is 6.61. The number of benzene rings is 2. The molecule has 0 radical (unpaired) electrons. The molecular formula is C15H19NO2S2. The largest absolute Gasteiger partial charge is 0.241 e. The minimum absolute atomic E-state index is 0.315. The summed E-state index contributed by atoms with van der Waals surface area (Å²) in [6.07, 6.45) is 2.02. The van der Waals surface area contributed by atoms with Crippen LogP contribution in [0, 0.1) is 5.92 Å². The first kappa shape index (κ1) is 15.4. The molecule has 2 rings (SSSR count). The van der Waals surface area contributed by atoms with Gasteiger partial charge in [-0.25, -0.2) is 13.1 Å². The lowest BCUT2D eigenvalue weighted by atomic mass is 10.1. The van der Waals surface area contributed by atoms with E-state index < -0.39 is 10.0 Å². The number of rotatable bonds is 6. The van der Waals surface area contributed by atoms with Gasteiger partial charge in [-0.2, -0.15) is 11.8 Å². The summed E-state index contributed by atoms with van der Waals surface area (Å²) in [7, 11) is -3.46. The van der Waals surface area contributed by atoms with Crippen molar-refractivity contribution >= 4 is 32.6 Å². The third-order valence-electron chi connectivity index (χ3n) is 3.11. The summed E-state index contributed by atoms with van der Waals surface area (Å²) in [5.74, 6) is 1.26. The van der Waals surface area contributed by atoms with Gasteiger partial charge < -0.3 is 0 Å². The van der Waals surface area contributed by atoms with Crippen molar-refractivity contribution in [3.63, 3.8) is 0 Å². The van der Waals surface area contributed by atoms with Crippen molar-refractivity contribution in [3.8, 4) is 0 Å². The summed E-state index contributed by atoms with van der Waals surface area (Å²) < 4.78 is 27.6. The predicted molar refractivity (Wildman–Crippen MR) is 86.7 cm³/mol. The first-order valence-corrected chi connectivity index (χ1v) is 9.38. The second-order valence-electron chi connectivity index (χ2n) is 4.89. The monoisotopic (exact) mass is 309 g/mol. The van der Waals surface area contributed by atoms with Gasteiger partial charge in [-0.05, 0) is 29.4 Å². The highest BCUT2D eigenvalue weighted by atomic mass is 32.2. The van der Waals surface area contributed by atoms with E-state index >= 15 is 0 Å². The molecule has 0 amide bonds. The zero-order valence-electron chi connectivity index (χ0n) is 11.7. The van der Waals surface area contributed by atoms with Gasteiger partial charge in [0.25, 0.3) is 0 Å². The van der Waals surface area contributed by atoms with E-state index in [4.69, 9.17) is 0 Å². The van der Waals surface area contributed by atoms with E-state index in [9.17, 15) is 8.42 Å². The lowest BCUT2D eigenvalue weighted by Gasteiger charge is -2.13. The average Bonchev–Trinajstić information content (AvgIpc) is 2.45. The van der Waals surface area contributed by atoms with Gasteiger partial charge in [0, 0.05) is 11.9 Å². The van der Waals surface area contributed by atoms with Gasteiger partial charge >= 0.3 is 0 Å². The van der Waals surface area contributed by atoms with Crippen LogP contribution in [0.1, 0.15) is 6.92 Å². The molecule has 108 valence electrons. The molecule has 0 heterocycles. The molecule has 0 aliphatic heterocycles. The standard InChI is InChI=1S/C15H19NO2S2/c1-12(11-19-2)10-16-20(17,18)15-9-5-7-13-6-3-4-8-14(13)15/h3-9,12,16H,10-11H2,1-2H3. The van der Waals surface area contributed by atoms with Crippen molar-refractivity contribution < 1.29 is 8.42 Å². The maximum absolute atomic E-state index is 12.4. The molecule has 0 bridgehead atoms. The van der Waals surface area contributed by atoms with E-state index in [0.29, 0.717) is 17.4 Å². The zero-order chi connectivity index (χ0) is 14.6. The Morgan fingerprint density at radius 3 is 2.60 bits per heavy atom. The minimum atomic E-state index is -3.46. The van der Waals surface area contributed by atoms with Gasteiger partial charge in [0.1, 0.15) is 0 Å². The van der Waals surface area contributed by atoms with E-state index in [1.807, 2.05) is 43.5 Å². The molecule has 2 aromatic rings. The Kier molecular flexibility index (Phi) is 5.07. The quantitative estimate of drug-likeness (QED) is 0.892. The molecule has 0 spiro atoms. The summed E-state index contributed by atoms with van der Waals surface area (Å²) >= 11 is 1.72. The SMILES string of the molecule is CSCC(C)CNS(=O)(=O)c1cccc2ccccc12. The Bertz CT molecular complexity index is 678. The third-order valence-corrected chi connectivity index (χ3v) is 5.50. The van der Waals surface area contributed by atoms with E-state index in [1.165, 1.54) is 0 Å². The fourth-order valence-electron chi connectivity index (χ4n) is 2.10. The van der Waals surface area contributed by atoms with E-state index in [1.54, 1.807) is 23.9 Å². The molecule has 1 N–H and O–H groups in total. The van der Waals surface area contributed by atoms with Crippen LogP contribution in [0.2, 0.25) is 0 Å². The Morgan fingerprint density at radius 1 is 1.15 bits per heavy atom. The molecule has 2 aromatic carbocycles. The molecule has 1 atom stereocenters. The van der Waals surface area contributed by atoms with Gasteiger partial charge in [-0.3, -0.25) is 0 Å². The van der Waals surface area contributed by atoms with Crippen LogP contribution in [0.15, 0.2) is 47.4 Å². The molecule has 1 unspecified atom stereocenters. The maximum atomic E-state index is 12.4. The third kappa shape index (κ3) is 3.53. The van der Waals surface area contributed by atoms with Crippen LogP contribution in [0.25, 0.3) is 10.8 Å². The normalized spacial score (nSPS) is 13.5. The summed E-state index contributed by atoms with van der Waals surface area (Å²) in [6.45, 7) is 2.51. The number of hydrogen-bond donors (Lipinski definition) is 1. The maximum Gasteiger partial charge on any atom is 0.241 e. The number of sulfonamides is 1. The number of fused-ring (bicyclic) bond motifs is 1. The Labute approximate surface area is 124 Å². The van der Waals surface area contributed by atoms with Gasteiger partial charge in [0.2, 0.25) is 10.0 Å². The van der Waals surface area contributed by atoms with E-state index in [2.05, 4.69) is 4.72 Å². The summed E-state index contributed by atoms with van der Waals surface area (Å²) in [6, 6.07) is 12.9. The molecule has 5 heteroatoms. The molecular weight excluding hydrogens is 290 g/mol. The molecule has 0 saturated carbocycles. The van der Waals surface area contributed by atoms with Crippen LogP contribution in [0.5, 0.6) is 0 Å². The Balaban J connectivity index is 2.28. The molecule has 0 aliphatic carbocycles. The summed E-state index contributed by atoms with van der Waals surface area (Å²) in [5, 5.41) is 1.70. The number of nitrogens with one attached hydrogen (secondary N) is 1. The molecule has 0 aliphatic rings. The lowest BCUT2D eigenvalue weighted by molar-refractivity contribution is 0.563. The van der Waals surface area contributed by atoms with Crippen molar-refractivity contribution in [3.05, 3.63) is 42.5 Å². The highest BCUT2D eigenvalue weighted by molar-refractivity contribution is 7.98. The first-order chi connectivity index (χ1) is 9.54. The first-order valence-electron chi connectivity index (χ1n) is 6.51. The molecule has 20 heavy (non-hydrogen) atoms.